The molecule has 0 aliphatic carbocycles. The molecule has 2 amide bonds. The molecule has 2 aromatic carbocycles. The van der Waals surface area contributed by atoms with E-state index in [-0.39, 0.29) is 24.5 Å². The molecule has 0 aromatic heterocycles. The lowest BCUT2D eigenvalue weighted by atomic mass is 10.1. The number of carbonyl (C=O) groups excluding carboxylic acids is 3. The molecule has 6 nitrogen and oxygen atoms in total. The van der Waals surface area contributed by atoms with E-state index in [4.69, 9.17) is 4.74 Å². The third-order valence-electron chi connectivity index (χ3n) is 4.82. The number of likely N-dealkylation sites (tertiary alicyclic amines) is 1. The lowest BCUT2D eigenvalue weighted by molar-refractivity contribution is -0.128. The summed E-state index contributed by atoms with van der Waals surface area (Å²) >= 11 is 3.37. The fraction of sp³-hybridized carbons (Fsp3) is 0.318. The second-order valence-electron chi connectivity index (χ2n) is 7.03. The van der Waals surface area contributed by atoms with Gasteiger partial charge in [-0.1, -0.05) is 40.2 Å². The van der Waals surface area contributed by atoms with Crippen molar-refractivity contribution in [1.29, 1.82) is 0 Å². The summed E-state index contributed by atoms with van der Waals surface area (Å²) < 4.78 is 6.08. The fourth-order valence-electron chi connectivity index (χ4n) is 3.17. The van der Waals surface area contributed by atoms with Gasteiger partial charge in [0.15, 0.2) is 6.61 Å². The first-order valence-corrected chi connectivity index (χ1v) is 10.3. The monoisotopic (exact) mass is 458 g/mol. The molecular weight excluding hydrogens is 436 g/mol. The quantitative estimate of drug-likeness (QED) is 0.642. The van der Waals surface area contributed by atoms with E-state index in [1.165, 1.54) is 0 Å². The molecule has 1 saturated heterocycles. The van der Waals surface area contributed by atoms with Gasteiger partial charge in [0.1, 0.15) is 0 Å². The average Bonchev–Trinajstić information content (AvgIpc) is 3.11. The van der Waals surface area contributed by atoms with Crippen LogP contribution in [0, 0.1) is 0 Å². The number of rotatable bonds is 7. The molecule has 0 spiro atoms. The highest BCUT2D eigenvalue weighted by atomic mass is 79.9. The van der Waals surface area contributed by atoms with Crippen LogP contribution in [0.1, 0.15) is 47.3 Å². The zero-order valence-electron chi connectivity index (χ0n) is 16.2. The molecule has 1 heterocycles. The smallest absolute Gasteiger partial charge is 0.338 e. The maximum atomic E-state index is 12.2. The van der Waals surface area contributed by atoms with Crippen molar-refractivity contribution < 1.29 is 19.1 Å². The Morgan fingerprint density at radius 3 is 2.45 bits per heavy atom. The van der Waals surface area contributed by atoms with Crippen molar-refractivity contribution in [1.82, 2.24) is 10.2 Å². The first-order valence-electron chi connectivity index (χ1n) is 9.51. The van der Waals surface area contributed by atoms with Crippen LogP contribution in [0.15, 0.2) is 53.0 Å². The van der Waals surface area contributed by atoms with Gasteiger partial charge in [-0.15, -0.1) is 0 Å². The van der Waals surface area contributed by atoms with Crippen molar-refractivity contribution >= 4 is 33.7 Å². The van der Waals surface area contributed by atoms with Gasteiger partial charge in [-0.25, -0.2) is 4.79 Å². The van der Waals surface area contributed by atoms with E-state index in [0.29, 0.717) is 18.5 Å². The van der Waals surface area contributed by atoms with Crippen LogP contribution in [-0.2, 0) is 20.9 Å². The largest absolute Gasteiger partial charge is 0.452 e. The maximum absolute atomic E-state index is 12.2. The molecule has 3 rings (SSSR count). The highest BCUT2D eigenvalue weighted by molar-refractivity contribution is 9.10. The molecule has 152 valence electrons. The second kappa shape index (κ2) is 9.69. The normalized spacial score (nSPS) is 14.6. The van der Waals surface area contributed by atoms with Crippen LogP contribution in [0.25, 0.3) is 0 Å². The van der Waals surface area contributed by atoms with E-state index in [1.54, 1.807) is 24.3 Å². The van der Waals surface area contributed by atoms with Crippen molar-refractivity contribution in [3.8, 4) is 0 Å². The molecule has 0 radical (unpaired) electrons. The molecule has 1 fully saturated rings. The summed E-state index contributed by atoms with van der Waals surface area (Å²) in [5.41, 5.74) is 2.29. The van der Waals surface area contributed by atoms with Crippen molar-refractivity contribution in [3.05, 3.63) is 69.7 Å². The Kier molecular flexibility index (Phi) is 7.04. The molecule has 1 N–H and O–H groups in total. The van der Waals surface area contributed by atoms with Gasteiger partial charge in [0.25, 0.3) is 5.91 Å². The number of esters is 1. The maximum Gasteiger partial charge on any atom is 0.338 e. The predicted molar refractivity (Wildman–Crippen MR) is 112 cm³/mol. The topological polar surface area (TPSA) is 75.7 Å². The number of benzene rings is 2. The first-order chi connectivity index (χ1) is 13.9. The van der Waals surface area contributed by atoms with Crippen LogP contribution in [0.4, 0.5) is 0 Å². The van der Waals surface area contributed by atoms with E-state index in [1.807, 2.05) is 36.1 Å². The summed E-state index contributed by atoms with van der Waals surface area (Å²) in [6, 6.07) is 14.4. The number of ether oxygens (including phenoxy) is 1. The van der Waals surface area contributed by atoms with Gasteiger partial charge in [0, 0.05) is 24.0 Å². The lowest BCUT2D eigenvalue weighted by Gasteiger charge is -2.16. The van der Waals surface area contributed by atoms with Gasteiger partial charge < -0.3 is 15.0 Å². The molecule has 0 bridgehead atoms. The fourth-order valence-corrected chi connectivity index (χ4v) is 3.43. The van der Waals surface area contributed by atoms with Gasteiger partial charge in [0.2, 0.25) is 5.91 Å². The van der Waals surface area contributed by atoms with E-state index < -0.39 is 5.97 Å². The minimum atomic E-state index is -0.555. The van der Waals surface area contributed by atoms with Crippen LogP contribution in [-0.4, -0.2) is 35.8 Å². The van der Waals surface area contributed by atoms with Crippen LogP contribution in [0.2, 0.25) is 0 Å². The van der Waals surface area contributed by atoms with Gasteiger partial charge in [-0.2, -0.15) is 0 Å². The minimum absolute atomic E-state index is 0.164. The molecule has 1 atom stereocenters. The second-order valence-corrected chi connectivity index (χ2v) is 7.95. The Balaban J connectivity index is 1.46. The van der Waals surface area contributed by atoms with Gasteiger partial charge in [-0.3, -0.25) is 9.59 Å². The molecule has 2 aromatic rings. The van der Waals surface area contributed by atoms with Crippen LogP contribution < -0.4 is 5.32 Å². The Hall–Kier alpha value is -2.67. The van der Waals surface area contributed by atoms with Crippen LogP contribution in [0.5, 0.6) is 0 Å². The number of halogens is 1. The van der Waals surface area contributed by atoms with E-state index >= 15 is 0 Å². The van der Waals surface area contributed by atoms with Crippen molar-refractivity contribution in [2.24, 2.45) is 0 Å². The predicted octanol–water partition coefficient (Wildman–Crippen LogP) is 3.61. The molecule has 1 aliphatic rings. The zero-order chi connectivity index (χ0) is 20.8. The number of nitrogens with one attached hydrogen (secondary N) is 1. The van der Waals surface area contributed by atoms with Crippen molar-refractivity contribution in [2.75, 3.05) is 13.2 Å². The summed E-state index contributed by atoms with van der Waals surface area (Å²) in [5.74, 6) is -0.755. The van der Waals surface area contributed by atoms with Crippen LogP contribution >= 0.6 is 15.9 Å². The minimum Gasteiger partial charge on any atom is -0.452 e. The van der Waals surface area contributed by atoms with Crippen molar-refractivity contribution in [2.45, 2.75) is 32.4 Å². The van der Waals surface area contributed by atoms with Gasteiger partial charge in [0.05, 0.1) is 11.6 Å². The summed E-state index contributed by atoms with van der Waals surface area (Å²) in [7, 11) is 0. The SMILES string of the molecule is CC(NC(=O)COC(=O)c1ccc(CN2CCCC2=O)cc1)c1ccc(Br)cc1. The Morgan fingerprint density at radius 2 is 1.83 bits per heavy atom. The number of hydrogen-bond donors (Lipinski definition) is 1. The third kappa shape index (κ3) is 5.90. The Bertz CT molecular complexity index is 881. The number of nitrogens with zero attached hydrogens (tertiary/aromatic N) is 1. The molecule has 29 heavy (non-hydrogen) atoms. The average molecular weight is 459 g/mol. The molecule has 1 unspecified atom stereocenters. The number of amides is 2. The molecular formula is C22H23BrN2O4. The van der Waals surface area contributed by atoms with Gasteiger partial charge in [-0.05, 0) is 48.7 Å². The highest BCUT2D eigenvalue weighted by Gasteiger charge is 2.20. The highest BCUT2D eigenvalue weighted by Crippen LogP contribution is 2.17. The number of carbonyl (C=O) groups is 3. The Labute approximate surface area is 178 Å². The zero-order valence-corrected chi connectivity index (χ0v) is 17.8. The van der Waals surface area contributed by atoms with E-state index in [0.717, 1.165) is 28.6 Å². The van der Waals surface area contributed by atoms with Gasteiger partial charge >= 0.3 is 5.97 Å². The van der Waals surface area contributed by atoms with E-state index in [2.05, 4.69) is 21.2 Å². The molecule has 1 aliphatic heterocycles. The molecule has 7 heteroatoms. The summed E-state index contributed by atoms with van der Waals surface area (Å²) in [4.78, 5) is 37.8. The molecule has 0 saturated carbocycles. The first kappa shape index (κ1) is 21.0. The Morgan fingerprint density at radius 1 is 1.14 bits per heavy atom. The lowest BCUT2D eigenvalue weighted by Crippen LogP contribution is -2.31. The summed E-state index contributed by atoms with van der Waals surface area (Å²) in [6.07, 6.45) is 1.50. The van der Waals surface area contributed by atoms with E-state index in [9.17, 15) is 14.4 Å². The summed E-state index contributed by atoms with van der Waals surface area (Å²) in [5, 5.41) is 2.81. The third-order valence-corrected chi connectivity index (χ3v) is 5.34. The summed E-state index contributed by atoms with van der Waals surface area (Å²) in [6.45, 7) is 2.84. The number of hydrogen-bond acceptors (Lipinski definition) is 4. The van der Waals surface area contributed by atoms with Crippen molar-refractivity contribution in [3.63, 3.8) is 0 Å². The van der Waals surface area contributed by atoms with Crippen LogP contribution in [0.3, 0.4) is 0 Å². The standard InChI is InChI=1S/C22H23BrN2O4/c1-15(17-8-10-19(23)11-9-17)24-20(26)14-29-22(28)18-6-4-16(5-7-18)13-25-12-2-3-21(25)27/h4-11,15H,2-3,12-14H2,1H3,(H,24,26).